The zero-order chi connectivity index (χ0) is 13.1. The van der Waals surface area contributed by atoms with Gasteiger partial charge in [0.25, 0.3) is 5.91 Å². The first kappa shape index (κ1) is 12.7. The lowest BCUT2D eigenvalue weighted by molar-refractivity contribution is 0.0992. The fourth-order valence-electron chi connectivity index (χ4n) is 1.35. The van der Waals surface area contributed by atoms with E-state index in [-0.39, 0.29) is 21.8 Å². The molecule has 0 atom stereocenters. The van der Waals surface area contributed by atoms with Crippen LogP contribution in [0.15, 0.2) is 30.6 Å². The Balaban J connectivity index is 2.34. The maximum absolute atomic E-state index is 12.2. The first-order chi connectivity index (χ1) is 8.59. The molecule has 92 valence electrons. The zero-order valence-corrected chi connectivity index (χ0v) is 10.9. The highest BCUT2D eigenvalue weighted by molar-refractivity contribution is 6.34. The van der Waals surface area contributed by atoms with Gasteiger partial charge in [0.05, 0.1) is 17.4 Å². The lowest BCUT2D eigenvalue weighted by atomic mass is 10.2. The van der Waals surface area contributed by atoms with Crippen molar-refractivity contribution in [1.82, 2.24) is 15.2 Å². The molecule has 0 aromatic carbocycles. The molecule has 5 nitrogen and oxygen atoms in total. The molecule has 18 heavy (non-hydrogen) atoms. The molecule has 0 N–H and O–H groups in total. The fraction of sp³-hybridized carbons (Fsp3) is 0.0909. The fourth-order valence-corrected chi connectivity index (χ4v) is 1.67. The number of nitrogens with zero attached hydrogens (tertiary/aromatic N) is 4. The Hall–Kier alpha value is -1.72. The number of rotatable bonds is 2. The maximum atomic E-state index is 12.2. The molecule has 0 aliphatic carbocycles. The Labute approximate surface area is 113 Å². The SMILES string of the molecule is CN(C(=O)c1cc(Cl)nnc1Cl)c1cccnc1. The second kappa shape index (κ2) is 5.29. The maximum Gasteiger partial charge on any atom is 0.261 e. The molecule has 0 bridgehead atoms. The van der Waals surface area contributed by atoms with Crippen molar-refractivity contribution in [2.75, 3.05) is 11.9 Å². The van der Waals surface area contributed by atoms with Gasteiger partial charge in [-0.25, -0.2) is 0 Å². The summed E-state index contributed by atoms with van der Waals surface area (Å²) >= 11 is 11.5. The third-order valence-corrected chi connectivity index (χ3v) is 2.75. The highest BCUT2D eigenvalue weighted by Gasteiger charge is 2.18. The number of halogens is 2. The Morgan fingerprint density at radius 1 is 1.33 bits per heavy atom. The summed E-state index contributed by atoms with van der Waals surface area (Å²) < 4.78 is 0. The molecule has 0 aliphatic rings. The van der Waals surface area contributed by atoms with E-state index in [0.717, 1.165) is 0 Å². The number of carbonyl (C=O) groups is 1. The van der Waals surface area contributed by atoms with Crippen molar-refractivity contribution >= 4 is 34.8 Å². The topological polar surface area (TPSA) is 59.0 Å². The number of anilines is 1. The van der Waals surface area contributed by atoms with Crippen LogP contribution in [0.2, 0.25) is 10.3 Å². The van der Waals surface area contributed by atoms with Gasteiger partial charge in [-0.05, 0) is 18.2 Å². The van der Waals surface area contributed by atoms with E-state index in [1.807, 2.05) is 0 Å². The Morgan fingerprint density at radius 2 is 2.11 bits per heavy atom. The van der Waals surface area contributed by atoms with Crippen LogP contribution in [0.3, 0.4) is 0 Å². The number of hydrogen-bond acceptors (Lipinski definition) is 4. The van der Waals surface area contributed by atoms with Crippen molar-refractivity contribution in [1.29, 1.82) is 0 Å². The van der Waals surface area contributed by atoms with Crippen LogP contribution in [0.1, 0.15) is 10.4 Å². The second-order valence-corrected chi connectivity index (χ2v) is 4.19. The summed E-state index contributed by atoms with van der Waals surface area (Å²) in [6.45, 7) is 0. The van der Waals surface area contributed by atoms with Gasteiger partial charge >= 0.3 is 0 Å². The Morgan fingerprint density at radius 3 is 2.78 bits per heavy atom. The van der Waals surface area contributed by atoms with E-state index in [9.17, 15) is 4.79 Å². The van der Waals surface area contributed by atoms with Gasteiger partial charge in [-0.1, -0.05) is 23.2 Å². The monoisotopic (exact) mass is 282 g/mol. The number of hydrogen-bond donors (Lipinski definition) is 0. The van der Waals surface area contributed by atoms with Crippen LogP contribution in [-0.2, 0) is 0 Å². The lowest BCUT2D eigenvalue weighted by Crippen LogP contribution is -2.26. The minimum Gasteiger partial charge on any atom is -0.310 e. The lowest BCUT2D eigenvalue weighted by Gasteiger charge is -2.16. The van der Waals surface area contributed by atoms with E-state index >= 15 is 0 Å². The van der Waals surface area contributed by atoms with Crippen molar-refractivity contribution in [3.8, 4) is 0 Å². The molecule has 1 amide bonds. The van der Waals surface area contributed by atoms with Crippen molar-refractivity contribution in [3.05, 3.63) is 46.5 Å². The van der Waals surface area contributed by atoms with E-state index in [0.29, 0.717) is 5.69 Å². The standard InChI is InChI=1S/C11H8Cl2N4O/c1-17(7-3-2-4-14-6-7)11(18)8-5-9(12)15-16-10(8)13/h2-6H,1H3. The number of aromatic nitrogens is 3. The zero-order valence-electron chi connectivity index (χ0n) is 9.34. The van der Waals surface area contributed by atoms with Gasteiger partial charge in [0.1, 0.15) is 0 Å². The predicted molar refractivity (Wildman–Crippen MR) is 69.0 cm³/mol. The molecule has 2 aromatic heterocycles. The minimum absolute atomic E-state index is 0.0140. The van der Waals surface area contributed by atoms with Gasteiger partial charge in [0.15, 0.2) is 10.3 Å². The van der Waals surface area contributed by atoms with Crippen LogP contribution in [-0.4, -0.2) is 28.1 Å². The van der Waals surface area contributed by atoms with Crippen molar-refractivity contribution < 1.29 is 4.79 Å². The van der Waals surface area contributed by atoms with E-state index in [1.165, 1.54) is 11.0 Å². The quantitative estimate of drug-likeness (QED) is 0.849. The molecule has 0 saturated carbocycles. The van der Waals surface area contributed by atoms with E-state index in [2.05, 4.69) is 15.2 Å². The van der Waals surface area contributed by atoms with Gasteiger partial charge in [-0.3, -0.25) is 9.78 Å². The van der Waals surface area contributed by atoms with Crippen LogP contribution in [0, 0.1) is 0 Å². The summed E-state index contributed by atoms with van der Waals surface area (Å²) in [7, 11) is 1.62. The van der Waals surface area contributed by atoms with Gasteiger partial charge < -0.3 is 4.90 Å². The predicted octanol–water partition coefficient (Wildman–Crippen LogP) is 2.46. The normalized spacial score (nSPS) is 10.2. The second-order valence-electron chi connectivity index (χ2n) is 3.45. The van der Waals surface area contributed by atoms with Crippen LogP contribution in [0.4, 0.5) is 5.69 Å². The van der Waals surface area contributed by atoms with E-state index in [4.69, 9.17) is 23.2 Å². The molecular weight excluding hydrogens is 275 g/mol. The third kappa shape index (κ3) is 2.57. The highest BCUT2D eigenvalue weighted by atomic mass is 35.5. The van der Waals surface area contributed by atoms with Crippen LogP contribution >= 0.6 is 23.2 Å². The highest BCUT2D eigenvalue weighted by Crippen LogP contribution is 2.20. The first-order valence-electron chi connectivity index (χ1n) is 4.96. The summed E-state index contributed by atoms with van der Waals surface area (Å²) in [6, 6.07) is 4.87. The summed E-state index contributed by atoms with van der Waals surface area (Å²) in [5.41, 5.74) is 0.842. The average Bonchev–Trinajstić information content (AvgIpc) is 2.41. The van der Waals surface area contributed by atoms with Gasteiger partial charge in [0, 0.05) is 13.2 Å². The molecule has 0 aliphatic heterocycles. The molecule has 0 unspecified atom stereocenters. The van der Waals surface area contributed by atoms with Crippen LogP contribution in [0.5, 0.6) is 0 Å². The summed E-state index contributed by atoms with van der Waals surface area (Å²) in [6.07, 6.45) is 3.20. The van der Waals surface area contributed by atoms with Crippen molar-refractivity contribution in [2.24, 2.45) is 0 Å². The molecule has 0 spiro atoms. The molecule has 7 heteroatoms. The Bertz CT molecular complexity index is 577. The van der Waals surface area contributed by atoms with E-state index in [1.54, 1.807) is 31.6 Å². The van der Waals surface area contributed by atoms with Crippen LogP contribution in [0.25, 0.3) is 0 Å². The molecular formula is C11H8Cl2N4O. The van der Waals surface area contributed by atoms with Crippen molar-refractivity contribution in [3.63, 3.8) is 0 Å². The molecule has 0 fully saturated rings. The summed E-state index contributed by atoms with van der Waals surface area (Å²) in [5, 5.41) is 7.28. The molecule has 0 radical (unpaired) electrons. The van der Waals surface area contributed by atoms with Gasteiger partial charge in [-0.2, -0.15) is 0 Å². The third-order valence-electron chi connectivity index (χ3n) is 2.29. The smallest absolute Gasteiger partial charge is 0.261 e. The molecule has 2 heterocycles. The summed E-state index contributed by atoms with van der Waals surface area (Å²) in [4.78, 5) is 17.6. The van der Waals surface area contributed by atoms with Crippen molar-refractivity contribution in [2.45, 2.75) is 0 Å². The number of pyridine rings is 1. The minimum atomic E-state index is -0.329. The van der Waals surface area contributed by atoms with E-state index < -0.39 is 0 Å². The largest absolute Gasteiger partial charge is 0.310 e. The molecule has 2 aromatic rings. The summed E-state index contributed by atoms with van der Waals surface area (Å²) in [5.74, 6) is -0.329. The molecule has 2 rings (SSSR count). The van der Waals surface area contributed by atoms with Gasteiger partial charge in [-0.15, -0.1) is 10.2 Å². The molecule has 0 saturated heterocycles. The van der Waals surface area contributed by atoms with Gasteiger partial charge in [0.2, 0.25) is 0 Å². The number of carbonyl (C=O) groups excluding carboxylic acids is 1. The Kier molecular flexibility index (Phi) is 3.74. The van der Waals surface area contributed by atoms with Crippen LogP contribution < -0.4 is 4.90 Å². The average molecular weight is 283 g/mol. The number of amides is 1. The first-order valence-corrected chi connectivity index (χ1v) is 5.72.